The number of hydrogen-bond acceptors (Lipinski definition) is 5. The Morgan fingerprint density at radius 1 is 1.36 bits per heavy atom. The van der Waals surface area contributed by atoms with Crippen molar-refractivity contribution >= 4 is 38.7 Å². The quantitative estimate of drug-likeness (QED) is 0.665. The number of rotatable bonds is 7. The predicted molar refractivity (Wildman–Crippen MR) is 112 cm³/mol. The molecule has 28 heavy (non-hydrogen) atoms. The van der Waals surface area contributed by atoms with E-state index in [1.807, 2.05) is 18.4 Å². The maximum atomic E-state index is 12.5. The molecule has 2 aromatic rings. The third-order valence-corrected chi connectivity index (χ3v) is 7.27. The smallest absolute Gasteiger partial charge is 0.238 e. The van der Waals surface area contributed by atoms with Gasteiger partial charge in [-0.15, -0.1) is 0 Å². The number of nitrogens with one attached hydrogen (secondary N) is 1. The lowest BCUT2D eigenvalue weighted by Gasteiger charge is -2.22. The Bertz CT molecular complexity index is 949. The monoisotopic (exact) mass is 424 g/mol. The van der Waals surface area contributed by atoms with Gasteiger partial charge in [-0.1, -0.05) is 31.0 Å². The number of carbonyl (C=O) groups excluding carboxylic acids is 1. The lowest BCUT2D eigenvalue weighted by atomic mass is 9.89. The number of amides is 1. The number of imidazole rings is 1. The maximum absolute atomic E-state index is 12.5. The molecule has 1 heterocycles. The fourth-order valence-electron chi connectivity index (χ4n) is 3.65. The molecule has 1 aliphatic carbocycles. The number of carbonyl (C=O) groups is 1. The van der Waals surface area contributed by atoms with Crippen LogP contribution in [0.25, 0.3) is 11.0 Å². The van der Waals surface area contributed by atoms with Crippen LogP contribution in [0.5, 0.6) is 0 Å². The van der Waals surface area contributed by atoms with Crippen LogP contribution in [-0.2, 0) is 21.4 Å². The van der Waals surface area contributed by atoms with Crippen molar-refractivity contribution < 1.29 is 13.2 Å². The molecule has 1 fully saturated rings. The summed E-state index contributed by atoms with van der Waals surface area (Å²) in [5.74, 6) is 0.599. The third-order valence-electron chi connectivity index (χ3n) is 5.27. The Morgan fingerprint density at radius 3 is 2.71 bits per heavy atom. The average Bonchev–Trinajstić information content (AvgIpc) is 3.02. The number of thioether (sulfide) groups is 1. The third kappa shape index (κ3) is 4.87. The van der Waals surface area contributed by atoms with Crippen molar-refractivity contribution in [1.82, 2.24) is 14.9 Å². The summed E-state index contributed by atoms with van der Waals surface area (Å²) in [6.07, 6.45) is 6.20. The molecule has 0 radical (unpaired) electrons. The molecule has 1 saturated carbocycles. The predicted octanol–water partition coefficient (Wildman–Crippen LogP) is 2.88. The number of aryl methyl sites for hydroxylation is 1. The molecular weight excluding hydrogens is 396 g/mol. The molecule has 1 amide bonds. The highest BCUT2D eigenvalue weighted by Crippen LogP contribution is 2.29. The van der Waals surface area contributed by atoms with Gasteiger partial charge >= 0.3 is 0 Å². The van der Waals surface area contributed by atoms with Gasteiger partial charge in [0.1, 0.15) is 0 Å². The normalized spacial score (nSPS) is 17.0. The highest BCUT2D eigenvalue weighted by atomic mass is 32.2. The van der Waals surface area contributed by atoms with E-state index < -0.39 is 10.0 Å². The van der Waals surface area contributed by atoms with E-state index in [2.05, 4.69) is 10.3 Å². The first kappa shape index (κ1) is 21.1. The van der Waals surface area contributed by atoms with E-state index >= 15 is 0 Å². The van der Waals surface area contributed by atoms with Crippen molar-refractivity contribution in [3.63, 3.8) is 0 Å². The van der Waals surface area contributed by atoms with Crippen molar-refractivity contribution in [3.8, 4) is 0 Å². The summed E-state index contributed by atoms with van der Waals surface area (Å²) in [5, 5.41) is 8.71. The molecule has 9 heteroatoms. The molecule has 3 rings (SSSR count). The Kier molecular flexibility index (Phi) is 6.67. The second-order valence-electron chi connectivity index (χ2n) is 7.34. The summed E-state index contributed by atoms with van der Waals surface area (Å²) < 4.78 is 25.2. The van der Waals surface area contributed by atoms with Crippen LogP contribution >= 0.6 is 11.8 Å². The minimum absolute atomic E-state index is 0.00973. The SMILES string of the molecule is CCn1c(SC(C)C(=O)NCC2CCCCC2)nc2cc(S(N)(=O)=O)ccc21. The van der Waals surface area contributed by atoms with Gasteiger partial charge in [0, 0.05) is 13.1 Å². The first-order valence-corrected chi connectivity index (χ1v) is 12.2. The summed E-state index contributed by atoms with van der Waals surface area (Å²) >= 11 is 1.39. The lowest BCUT2D eigenvalue weighted by molar-refractivity contribution is -0.120. The number of nitrogens with zero attached hydrogens (tertiary/aromatic N) is 2. The molecule has 3 N–H and O–H groups in total. The van der Waals surface area contributed by atoms with Crippen molar-refractivity contribution in [1.29, 1.82) is 0 Å². The summed E-state index contributed by atoms with van der Waals surface area (Å²) in [4.78, 5) is 17.1. The zero-order valence-corrected chi connectivity index (χ0v) is 18.0. The van der Waals surface area contributed by atoms with Crippen molar-refractivity contribution in [2.45, 2.75) is 67.8 Å². The van der Waals surface area contributed by atoms with E-state index in [0.29, 0.717) is 23.1 Å². The Labute approximate surface area is 170 Å². The molecule has 1 aromatic carbocycles. The Morgan fingerprint density at radius 2 is 2.07 bits per heavy atom. The Balaban J connectivity index is 1.72. The number of nitrogens with two attached hydrogens (primary N) is 1. The molecule has 0 aliphatic heterocycles. The highest BCUT2D eigenvalue weighted by molar-refractivity contribution is 8.00. The molecule has 0 spiro atoms. The standard InChI is InChI=1S/C19H28N4O3S2/c1-3-23-17-10-9-15(28(20,25)26)11-16(17)22-19(23)27-13(2)18(24)21-12-14-7-5-4-6-8-14/h9-11,13-14H,3-8,12H2,1-2H3,(H,21,24)(H2,20,25,26). The summed E-state index contributed by atoms with van der Waals surface area (Å²) in [5.41, 5.74) is 1.39. The average molecular weight is 425 g/mol. The van der Waals surface area contributed by atoms with Crippen LogP contribution < -0.4 is 10.5 Å². The topological polar surface area (TPSA) is 107 Å². The molecule has 0 bridgehead atoms. The fraction of sp³-hybridized carbons (Fsp3) is 0.579. The number of benzene rings is 1. The van der Waals surface area contributed by atoms with Crippen LogP contribution in [0.3, 0.4) is 0 Å². The maximum Gasteiger partial charge on any atom is 0.238 e. The number of aromatic nitrogens is 2. The van der Waals surface area contributed by atoms with Gasteiger partial charge in [0.15, 0.2) is 5.16 Å². The zero-order valence-electron chi connectivity index (χ0n) is 16.3. The molecule has 0 saturated heterocycles. The number of primary sulfonamides is 1. The van der Waals surface area contributed by atoms with Gasteiger partial charge in [0.2, 0.25) is 15.9 Å². The van der Waals surface area contributed by atoms with Crippen LogP contribution in [-0.4, -0.2) is 35.7 Å². The van der Waals surface area contributed by atoms with E-state index in [1.165, 1.54) is 56.0 Å². The first-order chi connectivity index (χ1) is 13.3. The number of fused-ring (bicyclic) bond motifs is 1. The summed E-state index contributed by atoms with van der Waals surface area (Å²) in [6.45, 7) is 5.28. The van der Waals surface area contributed by atoms with E-state index in [9.17, 15) is 13.2 Å². The van der Waals surface area contributed by atoms with E-state index in [1.54, 1.807) is 6.07 Å². The number of sulfonamides is 1. The Hall–Kier alpha value is -1.58. The van der Waals surface area contributed by atoms with Gasteiger partial charge in [0.05, 0.1) is 21.2 Å². The largest absolute Gasteiger partial charge is 0.355 e. The van der Waals surface area contributed by atoms with Gasteiger partial charge in [0.25, 0.3) is 0 Å². The zero-order chi connectivity index (χ0) is 20.3. The molecule has 154 valence electrons. The second kappa shape index (κ2) is 8.84. The molecule has 1 aromatic heterocycles. The molecule has 1 unspecified atom stereocenters. The van der Waals surface area contributed by atoms with Crippen molar-refractivity contribution in [2.24, 2.45) is 11.1 Å². The first-order valence-electron chi connectivity index (χ1n) is 9.77. The van der Waals surface area contributed by atoms with Crippen LogP contribution in [0, 0.1) is 5.92 Å². The van der Waals surface area contributed by atoms with Crippen LogP contribution in [0.1, 0.15) is 46.0 Å². The van der Waals surface area contributed by atoms with E-state index in [-0.39, 0.29) is 16.1 Å². The van der Waals surface area contributed by atoms with Gasteiger partial charge < -0.3 is 9.88 Å². The van der Waals surface area contributed by atoms with Crippen molar-refractivity contribution in [3.05, 3.63) is 18.2 Å². The van der Waals surface area contributed by atoms with Gasteiger partial charge in [-0.3, -0.25) is 4.79 Å². The minimum Gasteiger partial charge on any atom is -0.355 e. The lowest BCUT2D eigenvalue weighted by Crippen LogP contribution is -2.35. The molecule has 1 aliphatic rings. The number of hydrogen-bond donors (Lipinski definition) is 2. The minimum atomic E-state index is -3.78. The van der Waals surface area contributed by atoms with Crippen LogP contribution in [0.4, 0.5) is 0 Å². The van der Waals surface area contributed by atoms with Gasteiger partial charge in [-0.2, -0.15) is 0 Å². The molecule has 7 nitrogen and oxygen atoms in total. The van der Waals surface area contributed by atoms with Crippen molar-refractivity contribution in [2.75, 3.05) is 6.54 Å². The molecule has 1 atom stereocenters. The fourth-order valence-corrected chi connectivity index (χ4v) is 5.20. The highest BCUT2D eigenvalue weighted by Gasteiger charge is 2.21. The van der Waals surface area contributed by atoms with Crippen LogP contribution in [0.15, 0.2) is 28.3 Å². The second-order valence-corrected chi connectivity index (χ2v) is 10.2. The summed E-state index contributed by atoms with van der Waals surface area (Å²) in [7, 11) is -3.78. The van der Waals surface area contributed by atoms with E-state index in [4.69, 9.17) is 5.14 Å². The molecular formula is C19H28N4O3S2. The van der Waals surface area contributed by atoms with Crippen LogP contribution in [0.2, 0.25) is 0 Å². The van der Waals surface area contributed by atoms with E-state index in [0.717, 1.165) is 12.1 Å². The van der Waals surface area contributed by atoms with Gasteiger partial charge in [-0.25, -0.2) is 18.5 Å². The summed E-state index contributed by atoms with van der Waals surface area (Å²) in [6, 6.07) is 4.68. The van der Waals surface area contributed by atoms with Gasteiger partial charge in [-0.05, 0) is 50.8 Å².